The quantitative estimate of drug-likeness (QED) is 0.699. The van der Waals surface area contributed by atoms with E-state index in [0.29, 0.717) is 6.61 Å². The highest BCUT2D eigenvalue weighted by Crippen LogP contribution is 2.22. The van der Waals surface area contributed by atoms with E-state index < -0.39 is 0 Å². The van der Waals surface area contributed by atoms with Crippen molar-refractivity contribution in [3.8, 4) is 0 Å². The van der Waals surface area contributed by atoms with E-state index in [2.05, 4.69) is 5.32 Å². The van der Waals surface area contributed by atoms with Crippen molar-refractivity contribution in [2.45, 2.75) is 25.4 Å². The lowest BCUT2D eigenvalue weighted by Crippen LogP contribution is -2.27. The Kier molecular flexibility index (Phi) is 7.63. The molecule has 3 nitrogen and oxygen atoms in total. The van der Waals surface area contributed by atoms with Crippen LogP contribution in [0.4, 0.5) is 4.39 Å². The molecule has 0 radical (unpaired) electrons. The van der Waals surface area contributed by atoms with Crippen molar-refractivity contribution in [2.24, 2.45) is 0 Å². The fraction of sp³-hybridized carbons (Fsp3) is 0.600. The predicted molar refractivity (Wildman–Crippen MR) is 75.0 cm³/mol. The number of methoxy groups -OCH3 is 2. The van der Waals surface area contributed by atoms with E-state index in [1.807, 2.05) is 13.0 Å². The second-order valence-corrected chi connectivity index (χ2v) is 4.73. The van der Waals surface area contributed by atoms with Gasteiger partial charge in [0.25, 0.3) is 0 Å². The summed E-state index contributed by atoms with van der Waals surface area (Å²) in [5, 5.41) is 3.33. The first-order chi connectivity index (χ1) is 9.17. The van der Waals surface area contributed by atoms with E-state index in [0.717, 1.165) is 25.1 Å². The zero-order chi connectivity index (χ0) is 14.1. The molecule has 1 rings (SSSR count). The molecule has 2 unspecified atom stereocenters. The van der Waals surface area contributed by atoms with Crippen LogP contribution in [0, 0.1) is 5.82 Å². The number of benzene rings is 1. The molecule has 4 heteroatoms. The first-order valence-electron chi connectivity index (χ1n) is 6.65. The van der Waals surface area contributed by atoms with Gasteiger partial charge < -0.3 is 14.8 Å². The third kappa shape index (κ3) is 6.14. The maximum atomic E-state index is 13.3. The Hall–Kier alpha value is -0.970. The number of nitrogens with one attached hydrogen (secondary N) is 1. The van der Waals surface area contributed by atoms with Crippen LogP contribution in [-0.4, -0.2) is 40.0 Å². The number of ether oxygens (including phenoxy) is 2. The Labute approximate surface area is 115 Å². The lowest BCUT2D eigenvalue weighted by molar-refractivity contribution is 0.103. The Morgan fingerprint density at radius 1 is 1.32 bits per heavy atom. The van der Waals surface area contributed by atoms with Crippen molar-refractivity contribution in [3.63, 3.8) is 0 Å². The number of hydrogen-bond acceptors (Lipinski definition) is 3. The van der Waals surface area contributed by atoms with Gasteiger partial charge in [0.15, 0.2) is 0 Å². The Balaban J connectivity index is 2.63. The zero-order valence-corrected chi connectivity index (χ0v) is 12.0. The largest absolute Gasteiger partial charge is 0.383 e. The second-order valence-electron chi connectivity index (χ2n) is 4.73. The Morgan fingerprint density at radius 2 is 2.11 bits per heavy atom. The van der Waals surface area contributed by atoms with Crippen LogP contribution in [0.1, 0.15) is 24.8 Å². The van der Waals surface area contributed by atoms with Gasteiger partial charge in [0.05, 0.1) is 12.7 Å². The average molecular weight is 269 g/mol. The summed E-state index contributed by atoms with van der Waals surface area (Å²) < 4.78 is 23.6. The molecule has 19 heavy (non-hydrogen) atoms. The standard InChI is InChI=1S/C15H24FNO2/c1-12(19-3)9-14(11-17-7-8-18-2)13-5-4-6-15(16)10-13/h4-6,10,12,14,17H,7-9,11H2,1-3H3. The van der Waals surface area contributed by atoms with Crippen molar-refractivity contribution in [1.82, 2.24) is 5.32 Å². The molecule has 0 spiro atoms. The van der Waals surface area contributed by atoms with Crippen LogP contribution in [0.2, 0.25) is 0 Å². The zero-order valence-electron chi connectivity index (χ0n) is 12.0. The summed E-state index contributed by atoms with van der Waals surface area (Å²) >= 11 is 0. The van der Waals surface area contributed by atoms with E-state index in [4.69, 9.17) is 9.47 Å². The molecule has 0 heterocycles. The fourth-order valence-electron chi connectivity index (χ4n) is 2.05. The molecule has 0 aromatic heterocycles. The molecular weight excluding hydrogens is 245 g/mol. The van der Waals surface area contributed by atoms with Crippen LogP contribution in [0.3, 0.4) is 0 Å². The topological polar surface area (TPSA) is 30.5 Å². The molecule has 0 amide bonds. The van der Waals surface area contributed by atoms with Crippen LogP contribution < -0.4 is 5.32 Å². The number of hydrogen-bond donors (Lipinski definition) is 1. The minimum absolute atomic E-state index is 0.150. The first kappa shape index (κ1) is 16.1. The smallest absolute Gasteiger partial charge is 0.123 e. The van der Waals surface area contributed by atoms with Gasteiger partial charge in [-0.2, -0.15) is 0 Å². The van der Waals surface area contributed by atoms with Gasteiger partial charge >= 0.3 is 0 Å². The summed E-state index contributed by atoms with van der Waals surface area (Å²) in [5.74, 6) is 0.0481. The number of rotatable bonds is 9. The Bertz CT molecular complexity index is 360. The summed E-state index contributed by atoms with van der Waals surface area (Å²) in [4.78, 5) is 0. The fourth-order valence-corrected chi connectivity index (χ4v) is 2.05. The van der Waals surface area contributed by atoms with Crippen molar-refractivity contribution in [2.75, 3.05) is 33.9 Å². The predicted octanol–water partition coefficient (Wildman–Crippen LogP) is 2.57. The van der Waals surface area contributed by atoms with Gasteiger partial charge in [-0.3, -0.25) is 0 Å². The first-order valence-corrected chi connectivity index (χ1v) is 6.65. The molecule has 0 bridgehead atoms. The monoisotopic (exact) mass is 269 g/mol. The van der Waals surface area contributed by atoms with Crippen molar-refractivity contribution in [3.05, 3.63) is 35.6 Å². The molecule has 1 N–H and O–H groups in total. The van der Waals surface area contributed by atoms with Crippen LogP contribution in [-0.2, 0) is 9.47 Å². The highest BCUT2D eigenvalue weighted by Gasteiger charge is 2.15. The van der Waals surface area contributed by atoms with E-state index in [1.165, 1.54) is 6.07 Å². The van der Waals surface area contributed by atoms with Gasteiger partial charge in [-0.25, -0.2) is 4.39 Å². The molecule has 1 aromatic carbocycles. The van der Waals surface area contributed by atoms with Crippen LogP contribution >= 0.6 is 0 Å². The van der Waals surface area contributed by atoms with E-state index in [1.54, 1.807) is 26.4 Å². The molecular formula is C15H24FNO2. The molecule has 2 atom stereocenters. The van der Waals surface area contributed by atoms with Crippen LogP contribution in [0.25, 0.3) is 0 Å². The summed E-state index contributed by atoms with van der Waals surface area (Å²) in [6.07, 6.45) is 1.01. The lowest BCUT2D eigenvalue weighted by atomic mass is 9.93. The minimum Gasteiger partial charge on any atom is -0.383 e. The van der Waals surface area contributed by atoms with Crippen molar-refractivity contribution < 1.29 is 13.9 Å². The van der Waals surface area contributed by atoms with Gasteiger partial charge in [-0.1, -0.05) is 12.1 Å². The molecule has 1 aromatic rings. The molecule has 0 saturated heterocycles. The number of halogens is 1. The Morgan fingerprint density at radius 3 is 2.74 bits per heavy atom. The molecule has 0 aliphatic rings. The van der Waals surface area contributed by atoms with Crippen LogP contribution in [0.15, 0.2) is 24.3 Å². The molecule has 0 fully saturated rings. The second kappa shape index (κ2) is 9.02. The van der Waals surface area contributed by atoms with Gasteiger partial charge in [-0.05, 0) is 37.0 Å². The van der Waals surface area contributed by atoms with E-state index in [-0.39, 0.29) is 17.8 Å². The summed E-state index contributed by atoms with van der Waals surface area (Å²) in [5.41, 5.74) is 1.01. The summed E-state index contributed by atoms with van der Waals surface area (Å²) in [6.45, 7) is 4.29. The van der Waals surface area contributed by atoms with Gasteiger partial charge in [-0.15, -0.1) is 0 Å². The third-order valence-electron chi connectivity index (χ3n) is 3.21. The highest BCUT2D eigenvalue weighted by molar-refractivity contribution is 5.21. The average Bonchev–Trinajstić information content (AvgIpc) is 2.42. The van der Waals surface area contributed by atoms with Crippen LogP contribution in [0.5, 0.6) is 0 Å². The maximum absolute atomic E-state index is 13.3. The molecule has 0 aliphatic carbocycles. The highest BCUT2D eigenvalue weighted by atomic mass is 19.1. The van der Waals surface area contributed by atoms with Gasteiger partial charge in [0.2, 0.25) is 0 Å². The van der Waals surface area contributed by atoms with Gasteiger partial charge in [0, 0.05) is 27.3 Å². The molecule has 0 saturated carbocycles. The van der Waals surface area contributed by atoms with E-state index >= 15 is 0 Å². The van der Waals surface area contributed by atoms with E-state index in [9.17, 15) is 4.39 Å². The van der Waals surface area contributed by atoms with Crippen molar-refractivity contribution in [1.29, 1.82) is 0 Å². The third-order valence-corrected chi connectivity index (χ3v) is 3.21. The summed E-state index contributed by atoms with van der Waals surface area (Å²) in [6, 6.07) is 6.79. The van der Waals surface area contributed by atoms with Gasteiger partial charge in [0.1, 0.15) is 5.82 Å². The maximum Gasteiger partial charge on any atom is 0.123 e. The normalized spacial score (nSPS) is 14.3. The lowest BCUT2D eigenvalue weighted by Gasteiger charge is -2.21. The SMILES string of the molecule is COCCNCC(CC(C)OC)c1cccc(F)c1. The molecule has 0 aliphatic heterocycles. The summed E-state index contributed by atoms with van der Waals surface area (Å²) in [7, 11) is 3.38. The van der Waals surface area contributed by atoms with Crippen molar-refractivity contribution >= 4 is 0 Å². The molecule has 108 valence electrons. The minimum atomic E-state index is -0.190.